The van der Waals surface area contributed by atoms with Crippen molar-refractivity contribution in [1.82, 2.24) is 4.90 Å². The molecule has 0 aliphatic carbocycles. The molecule has 0 N–H and O–H groups in total. The molecule has 1 amide bonds. The fourth-order valence-corrected chi connectivity index (χ4v) is 2.19. The third-order valence-electron chi connectivity index (χ3n) is 2.22. The molecule has 0 bridgehead atoms. The summed E-state index contributed by atoms with van der Waals surface area (Å²) in [5.74, 6) is 2.45. The molecule has 1 heterocycles. The fourth-order valence-electron chi connectivity index (χ4n) is 1.46. The van der Waals surface area contributed by atoms with Gasteiger partial charge in [-0.2, -0.15) is 11.8 Å². The third-order valence-corrected chi connectivity index (χ3v) is 3.18. The van der Waals surface area contributed by atoms with Gasteiger partial charge in [0.25, 0.3) is 0 Å². The molecule has 21 heavy (non-hydrogen) atoms. The van der Waals surface area contributed by atoms with Crippen molar-refractivity contribution >= 4 is 17.7 Å². The van der Waals surface area contributed by atoms with E-state index in [2.05, 4.69) is 5.32 Å². The van der Waals surface area contributed by atoms with Crippen LogP contribution in [0.15, 0.2) is 16.5 Å². The van der Waals surface area contributed by atoms with E-state index in [1.807, 2.05) is 31.1 Å². The number of furan rings is 1. The molecule has 112 valence electrons. The average molecular weight is 323 g/mol. The van der Waals surface area contributed by atoms with Gasteiger partial charge in [0.2, 0.25) is 6.54 Å². The Morgan fingerprint density at radius 2 is 2.10 bits per heavy atom. The van der Waals surface area contributed by atoms with Crippen molar-refractivity contribution in [3.8, 4) is 0 Å². The minimum Gasteiger partial charge on any atom is -0.647 e. The van der Waals surface area contributed by atoms with Gasteiger partial charge >= 0.3 is 29.6 Å². The third kappa shape index (κ3) is 9.92. The van der Waals surface area contributed by atoms with E-state index < -0.39 is 17.4 Å². The Morgan fingerprint density at radius 3 is 2.71 bits per heavy atom. The Morgan fingerprint density at radius 1 is 1.43 bits per heavy atom. The molecule has 1 rings (SSSR count). The summed E-state index contributed by atoms with van der Waals surface area (Å²) in [6.07, 6.45) is 0. The number of nitro groups is 1. The Hall–Kier alpha value is -0.540. The maximum atomic E-state index is 11.0. The second kappa shape index (κ2) is 11.1. The number of hydrogen-bond acceptors (Lipinski definition) is 6. The van der Waals surface area contributed by atoms with E-state index in [9.17, 15) is 14.9 Å². The van der Waals surface area contributed by atoms with Crippen LogP contribution in [0, 0.1) is 10.1 Å². The molecule has 0 aromatic carbocycles. The molecule has 0 saturated carbocycles. The monoisotopic (exact) mass is 323 g/mol. The quantitative estimate of drug-likeness (QED) is 0.244. The van der Waals surface area contributed by atoms with E-state index in [0.717, 1.165) is 18.1 Å². The van der Waals surface area contributed by atoms with Gasteiger partial charge in [0.15, 0.2) is 0 Å². The Bertz CT molecular complexity index is 453. The summed E-state index contributed by atoms with van der Waals surface area (Å²) in [6.45, 7) is 0.328. The van der Waals surface area contributed by atoms with Gasteiger partial charge in [-0.3, -0.25) is 10.1 Å². The number of carbonyl (C=O) groups excluding carboxylic acids is 1. The molecule has 0 aliphatic heterocycles. The summed E-state index contributed by atoms with van der Waals surface area (Å²) < 4.78 is 5.63. The maximum Gasteiger partial charge on any atom is 1.00 e. The fraction of sp³-hybridized carbons (Fsp3) is 0.583. The Balaban J connectivity index is 0.00000400. The average Bonchev–Trinajstić information content (AvgIpc) is 2.74. The van der Waals surface area contributed by atoms with E-state index >= 15 is 0 Å². The van der Waals surface area contributed by atoms with Crippen molar-refractivity contribution < 1.29 is 43.7 Å². The predicted molar refractivity (Wildman–Crippen MR) is 77.4 cm³/mol. The topological polar surface area (TPSA) is 90.7 Å². The van der Waals surface area contributed by atoms with Crippen LogP contribution in [0.3, 0.4) is 0 Å². The van der Waals surface area contributed by atoms with E-state index in [4.69, 9.17) is 4.42 Å². The molecular weight excluding hydrogens is 305 g/mol. The van der Waals surface area contributed by atoms with Gasteiger partial charge in [0, 0.05) is 4.92 Å². The molecule has 0 radical (unpaired) electrons. The number of amides is 1. The molecule has 0 spiro atoms. The SMILES string of the molecule is CN(C)Cc1ccc(CSCC[N-]C(=O)C[N+](=O)[O-])o1.[Na+]. The van der Waals surface area contributed by atoms with Crippen molar-refractivity contribution in [1.29, 1.82) is 0 Å². The van der Waals surface area contributed by atoms with Gasteiger partial charge in [0.05, 0.1) is 12.3 Å². The van der Waals surface area contributed by atoms with E-state index in [1.165, 1.54) is 0 Å². The van der Waals surface area contributed by atoms with Crippen LogP contribution in [0.25, 0.3) is 5.32 Å². The van der Waals surface area contributed by atoms with Gasteiger partial charge in [-0.05, 0) is 32.0 Å². The first-order chi connectivity index (χ1) is 9.47. The predicted octanol–water partition coefficient (Wildman–Crippen LogP) is -1.24. The van der Waals surface area contributed by atoms with Gasteiger partial charge < -0.3 is 19.4 Å². The zero-order valence-electron chi connectivity index (χ0n) is 12.6. The van der Waals surface area contributed by atoms with Crippen LogP contribution in [-0.4, -0.2) is 48.7 Å². The Kier molecular flexibility index (Phi) is 10.8. The molecule has 1 aromatic rings. The molecular formula is C12H18N3NaO4S. The second-order valence-electron chi connectivity index (χ2n) is 4.42. The van der Waals surface area contributed by atoms with Crippen molar-refractivity contribution in [3.63, 3.8) is 0 Å². The molecule has 1 aromatic heterocycles. The molecule has 0 atom stereocenters. The number of nitrogens with zero attached hydrogens (tertiary/aromatic N) is 3. The van der Waals surface area contributed by atoms with Gasteiger partial charge in [-0.25, -0.2) is 0 Å². The van der Waals surface area contributed by atoms with Gasteiger partial charge in [0.1, 0.15) is 17.4 Å². The number of carbonyl (C=O) groups is 1. The zero-order valence-corrected chi connectivity index (χ0v) is 15.4. The summed E-state index contributed by atoms with van der Waals surface area (Å²) in [6, 6.07) is 3.88. The summed E-state index contributed by atoms with van der Waals surface area (Å²) in [5, 5.41) is 13.7. The standard InChI is InChI=1S/C12H19N3O4S.Na/c1-14(2)7-10-3-4-11(19-10)9-20-6-5-13-12(16)8-15(17)18;/h3-4H,5-9H2,1-2H3,(H,13,16);/q;+1/p-1. The smallest absolute Gasteiger partial charge is 0.647 e. The summed E-state index contributed by atoms with van der Waals surface area (Å²) in [5.41, 5.74) is 0. The molecule has 7 nitrogen and oxygen atoms in total. The molecule has 0 fully saturated rings. The largest absolute Gasteiger partial charge is 1.00 e. The van der Waals surface area contributed by atoms with E-state index in [-0.39, 0.29) is 29.6 Å². The van der Waals surface area contributed by atoms with Crippen molar-refractivity contribution in [2.24, 2.45) is 0 Å². The molecule has 0 unspecified atom stereocenters. The van der Waals surface area contributed by atoms with Crippen LogP contribution in [0.4, 0.5) is 0 Å². The number of rotatable bonds is 9. The first-order valence-corrected chi connectivity index (χ1v) is 7.25. The molecule has 0 aliphatic rings. The summed E-state index contributed by atoms with van der Waals surface area (Å²) in [7, 11) is 3.95. The summed E-state index contributed by atoms with van der Waals surface area (Å²) >= 11 is 1.58. The zero-order chi connectivity index (χ0) is 15.0. The van der Waals surface area contributed by atoms with Crippen LogP contribution in [0.1, 0.15) is 11.5 Å². The van der Waals surface area contributed by atoms with Crippen molar-refractivity contribution in [3.05, 3.63) is 39.1 Å². The maximum absolute atomic E-state index is 11.0. The van der Waals surface area contributed by atoms with E-state index in [0.29, 0.717) is 18.1 Å². The van der Waals surface area contributed by atoms with Gasteiger partial charge in [-0.15, -0.1) is 6.54 Å². The summed E-state index contributed by atoms with van der Waals surface area (Å²) in [4.78, 5) is 22.4. The Labute approximate surface area is 150 Å². The molecule has 9 heteroatoms. The van der Waals surface area contributed by atoms with Crippen LogP contribution in [-0.2, 0) is 17.1 Å². The van der Waals surface area contributed by atoms with Crippen LogP contribution in [0.5, 0.6) is 0 Å². The normalized spacial score (nSPS) is 10.2. The van der Waals surface area contributed by atoms with E-state index in [1.54, 1.807) is 11.8 Å². The molecule has 0 saturated heterocycles. The first kappa shape index (κ1) is 20.5. The van der Waals surface area contributed by atoms with Crippen LogP contribution < -0.4 is 29.6 Å². The number of thioether (sulfide) groups is 1. The minimum absolute atomic E-state index is 0. The second-order valence-corrected chi connectivity index (χ2v) is 5.53. The first-order valence-electron chi connectivity index (χ1n) is 6.09. The van der Waals surface area contributed by atoms with Crippen molar-refractivity contribution in [2.45, 2.75) is 12.3 Å². The van der Waals surface area contributed by atoms with Crippen LogP contribution in [0.2, 0.25) is 0 Å². The minimum atomic E-state index is -0.725. The number of hydrogen-bond donors (Lipinski definition) is 0. The van der Waals surface area contributed by atoms with Crippen molar-refractivity contribution in [2.75, 3.05) is 32.9 Å². The van der Waals surface area contributed by atoms with Crippen LogP contribution >= 0.6 is 11.8 Å². The van der Waals surface area contributed by atoms with Gasteiger partial charge in [-0.1, -0.05) is 0 Å².